The van der Waals surface area contributed by atoms with E-state index in [1.807, 2.05) is 35.7 Å². The van der Waals surface area contributed by atoms with E-state index in [4.69, 9.17) is 43.2 Å². The number of halogens is 1. The summed E-state index contributed by atoms with van der Waals surface area (Å²) in [6, 6.07) is 13.5. The molecular formula is C25H21ClN6O4S2. The second-order valence-corrected chi connectivity index (χ2v) is 10.6. The van der Waals surface area contributed by atoms with Crippen LogP contribution in [0.5, 0.6) is 0 Å². The van der Waals surface area contributed by atoms with Gasteiger partial charge in [-0.2, -0.15) is 5.26 Å². The lowest BCUT2D eigenvalue weighted by Crippen LogP contribution is -2.70. The SMILES string of the molecule is CO[C@H]1[C@@H](S)O[C@@H]2COC(c3ccccc3)O[C@@H]2C1(c1cc(Cl)cnc1C#N)n1cc(-c2nccs2)nn1. The Labute approximate surface area is 232 Å². The fourth-order valence-electron chi connectivity index (χ4n) is 5.16. The van der Waals surface area contributed by atoms with Crippen molar-refractivity contribution in [2.75, 3.05) is 13.7 Å². The van der Waals surface area contributed by atoms with E-state index in [-0.39, 0.29) is 12.3 Å². The van der Waals surface area contributed by atoms with Gasteiger partial charge in [0.05, 0.1) is 17.8 Å². The minimum Gasteiger partial charge on any atom is -0.375 e. The fourth-order valence-corrected chi connectivity index (χ4v) is 6.40. The zero-order valence-corrected chi connectivity index (χ0v) is 22.4. The Morgan fingerprint density at radius 2 is 2.11 bits per heavy atom. The molecule has 3 aromatic heterocycles. The van der Waals surface area contributed by atoms with E-state index in [9.17, 15) is 5.26 Å². The number of hydrogen-bond acceptors (Lipinski definition) is 11. The Hall–Kier alpha value is -2.89. The van der Waals surface area contributed by atoms with Crippen molar-refractivity contribution < 1.29 is 18.9 Å². The molecule has 6 rings (SSSR count). The molecular weight excluding hydrogens is 548 g/mol. The number of thiazole rings is 1. The third-order valence-corrected chi connectivity index (χ3v) is 8.10. The summed E-state index contributed by atoms with van der Waals surface area (Å²) in [5, 5.41) is 22.0. The highest BCUT2D eigenvalue weighted by molar-refractivity contribution is 7.80. The van der Waals surface area contributed by atoms with Gasteiger partial charge < -0.3 is 18.9 Å². The van der Waals surface area contributed by atoms with Crippen molar-refractivity contribution in [3.63, 3.8) is 0 Å². The van der Waals surface area contributed by atoms with E-state index in [2.05, 4.69) is 26.3 Å². The molecule has 2 aliphatic heterocycles. The lowest BCUT2D eigenvalue weighted by Gasteiger charge is -2.55. The highest BCUT2D eigenvalue weighted by Gasteiger charge is 2.63. The van der Waals surface area contributed by atoms with Crippen LogP contribution in [0.15, 0.2) is 60.4 Å². The second-order valence-electron chi connectivity index (χ2n) is 8.73. The van der Waals surface area contributed by atoms with Crippen LogP contribution in [0, 0.1) is 11.3 Å². The van der Waals surface area contributed by atoms with Gasteiger partial charge in [0.2, 0.25) is 0 Å². The van der Waals surface area contributed by atoms with Crippen molar-refractivity contribution in [3.8, 4) is 16.8 Å². The molecule has 1 aromatic carbocycles. The number of rotatable bonds is 5. The number of fused-ring (bicyclic) bond motifs is 1. The van der Waals surface area contributed by atoms with E-state index in [1.165, 1.54) is 17.5 Å². The Kier molecular flexibility index (Phi) is 6.92. The topological polar surface area (TPSA) is 117 Å². The number of pyridine rings is 1. The summed E-state index contributed by atoms with van der Waals surface area (Å²) in [6.07, 6.45) is 1.99. The average Bonchev–Trinajstić information content (AvgIpc) is 3.65. The number of nitriles is 1. The summed E-state index contributed by atoms with van der Waals surface area (Å²) in [5.41, 5.74) is -0.121. The van der Waals surface area contributed by atoms with Crippen molar-refractivity contribution >= 4 is 35.6 Å². The number of aromatic nitrogens is 5. The molecule has 6 atom stereocenters. The number of benzene rings is 1. The van der Waals surface area contributed by atoms with Gasteiger partial charge in [-0.15, -0.1) is 29.1 Å². The number of hydrogen-bond donors (Lipinski definition) is 1. The second kappa shape index (κ2) is 10.3. The van der Waals surface area contributed by atoms with E-state index in [0.29, 0.717) is 21.3 Å². The maximum atomic E-state index is 10.1. The molecule has 0 aliphatic carbocycles. The first kappa shape index (κ1) is 25.4. The minimum atomic E-state index is -1.33. The predicted molar refractivity (Wildman–Crippen MR) is 141 cm³/mol. The summed E-state index contributed by atoms with van der Waals surface area (Å²) in [5.74, 6) is 0. The number of thiol groups is 1. The average molecular weight is 569 g/mol. The van der Waals surface area contributed by atoms with Crippen molar-refractivity contribution in [1.29, 1.82) is 5.26 Å². The first-order chi connectivity index (χ1) is 18.6. The molecule has 0 amide bonds. The summed E-state index contributed by atoms with van der Waals surface area (Å²) >= 11 is 12.7. The first-order valence-corrected chi connectivity index (χ1v) is 13.4. The smallest absolute Gasteiger partial charge is 0.184 e. The maximum Gasteiger partial charge on any atom is 0.184 e. The molecule has 2 fully saturated rings. The predicted octanol–water partition coefficient (Wildman–Crippen LogP) is 3.85. The molecule has 2 unspecified atom stereocenters. The zero-order valence-electron chi connectivity index (χ0n) is 19.9. The van der Waals surface area contributed by atoms with Crippen molar-refractivity contribution in [2.45, 2.75) is 35.6 Å². The lowest BCUT2D eigenvalue weighted by molar-refractivity contribution is -0.323. The molecule has 0 radical (unpaired) electrons. The molecule has 0 saturated carbocycles. The van der Waals surface area contributed by atoms with Gasteiger partial charge in [-0.25, -0.2) is 14.6 Å². The van der Waals surface area contributed by atoms with Gasteiger partial charge in [0.25, 0.3) is 0 Å². The van der Waals surface area contributed by atoms with Gasteiger partial charge in [0.15, 0.2) is 11.8 Å². The van der Waals surface area contributed by atoms with Gasteiger partial charge in [-0.3, -0.25) is 0 Å². The maximum absolute atomic E-state index is 10.1. The Balaban J connectivity index is 1.61. The zero-order chi connectivity index (χ0) is 26.3. The molecule has 2 saturated heterocycles. The largest absolute Gasteiger partial charge is 0.375 e. The molecule has 2 aliphatic rings. The third kappa shape index (κ3) is 4.11. The monoisotopic (exact) mass is 568 g/mol. The molecule has 10 nitrogen and oxygen atoms in total. The Morgan fingerprint density at radius 1 is 1.26 bits per heavy atom. The number of ether oxygens (including phenoxy) is 4. The lowest BCUT2D eigenvalue weighted by atomic mass is 9.74. The highest BCUT2D eigenvalue weighted by atomic mass is 35.5. The summed E-state index contributed by atoms with van der Waals surface area (Å²) in [7, 11) is 1.54. The van der Waals surface area contributed by atoms with Crippen LogP contribution in [0.4, 0.5) is 0 Å². The van der Waals surface area contributed by atoms with Crippen LogP contribution in [-0.4, -0.2) is 62.4 Å². The van der Waals surface area contributed by atoms with Gasteiger partial charge in [0.1, 0.15) is 46.2 Å². The molecule has 13 heteroatoms. The Morgan fingerprint density at radius 3 is 2.84 bits per heavy atom. The summed E-state index contributed by atoms with van der Waals surface area (Å²) in [4.78, 5) is 8.70. The van der Waals surface area contributed by atoms with Crippen molar-refractivity contribution in [1.82, 2.24) is 25.0 Å². The number of methoxy groups -OCH3 is 1. The van der Waals surface area contributed by atoms with Crippen LogP contribution in [0.3, 0.4) is 0 Å². The van der Waals surface area contributed by atoms with Crippen molar-refractivity contribution in [2.24, 2.45) is 0 Å². The third-order valence-electron chi connectivity index (χ3n) is 6.70. The molecule has 0 N–H and O–H groups in total. The molecule has 38 heavy (non-hydrogen) atoms. The van der Waals surface area contributed by atoms with Crippen LogP contribution >= 0.6 is 35.6 Å². The highest BCUT2D eigenvalue weighted by Crippen LogP contribution is 2.49. The summed E-state index contributed by atoms with van der Waals surface area (Å²) in [6.45, 7) is 0.198. The molecule has 4 aromatic rings. The van der Waals surface area contributed by atoms with Crippen LogP contribution in [0.2, 0.25) is 5.02 Å². The quantitative estimate of drug-likeness (QED) is 0.358. The fraction of sp³-hybridized carbons (Fsp3) is 0.320. The number of nitrogens with zero attached hydrogens (tertiary/aromatic N) is 6. The summed E-state index contributed by atoms with van der Waals surface area (Å²) < 4.78 is 26.7. The van der Waals surface area contributed by atoms with Crippen LogP contribution in [-0.2, 0) is 24.5 Å². The van der Waals surface area contributed by atoms with Gasteiger partial charge in [0, 0.05) is 36.0 Å². The first-order valence-electron chi connectivity index (χ1n) is 11.6. The van der Waals surface area contributed by atoms with Gasteiger partial charge in [-0.05, 0) is 6.07 Å². The van der Waals surface area contributed by atoms with Crippen LogP contribution in [0.1, 0.15) is 23.1 Å². The van der Waals surface area contributed by atoms with E-state index < -0.39 is 35.6 Å². The molecule has 194 valence electrons. The molecule has 5 heterocycles. The standard InChI is InChI=1S/C25H21ClN6O4S2/c1-33-21-24(37)35-19-13-34-23(14-5-3-2-4-6-14)36-20(19)25(21,16-9-15(26)11-29-17(16)10-27)32-12-18(30-31-32)22-28-7-8-38-22/h2-9,11-12,19-21,23-24,37H,13H2,1H3/t19-,20+,21+,23?,24-,25?/m1/s1. The minimum absolute atomic E-state index is 0.135. The molecule has 0 spiro atoms. The van der Waals surface area contributed by atoms with Crippen LogP contribution < -0.4 is 0 Å². The normalized spacial score (nSPS) is 28.9. The van der Waals surface area contributed by atoms with E-state index in [1.54, 1.807) is 30.3 Å². The van der Waals surface area contributed by atoms with Crippen LogP contribution in [0.25, 0.3) is 10.7 Å². The molecule has 0 bridgehead atoms. The van der Waals surface area contributed by atoms with Gasteiger partial charge in [-0.1, -0.05) is 47.1 Å². The van der Waals surface area contributed by atoms with Crippen molar-refractivity contribution in [3.05, 3.63) is 82.2 Å². The van der Waals surface area contributed by atoms with E-state index >= 15 is 0 Å². The Bertz CT molecular complexity index is 1470. The van der Waals surface area contributed by atoms with Gasteiger partial charge >= 0.3 is 0 Å². The van der Waals surface area contributed by atoms with E-state index in [0.717, 1.165) is 5.56 Å².